The largest absolute Gasteiger partial charge is 0.480 e. The zero-order chi connectivity index (χ0) is 22.5. The molecule has 31 heavy (non-hydrogen) atoms. The third-order valence-electron chi connectivity index (χ3n) is 5.67. The minimum atomic E-state index is -1.08. The van der Waals surface area contributed by atoms with E-state index in [4.69, 9.17) is 0 Å². The van der Waals surface area contributed by atoms with Gasteiger partial charge in [-0.3, -0.25) is 9.69 Å². The average Bonchev–Trinajstić information content (AvgIpc) is 3.33. The smallest absolute Gasteiger partial charge is 0.326 e. The predicted octanol–water partition coefficient (Wildman–Crippen LogP) is 2.30. The number of fused-ring (bicyclic) bond motifs is 3. The van der Waals surface area contributed by atoms with Gasteiger partial charge in [-0.05, 0) is 36.5 Å². The van der Waals surface area contributed by atoms with Gasteiger partial charge in [-0.1, -0.05) is 32.4 Å². The molecular weight excluding hydrogens is 418 g/mol. The second-order valence-electron chi connectivity index (χ2n) is 7.70. The topological polar surface area (TPSA) is 117 Å². The van der Waals surface area contributed by atoms with E-state index in [1.807, 2.05) is 48.9 Å². The minimum absolute atomic E-state index is 0.166. The van der Waals surface area contributed by atoms with Crippen LogP contribution >= 0.6 is 11.8 Å². The first kappa shape index (κ1) is 22.9. The lowest BCUT2D eigenvalue weighted by molar-refractivity contribution is -0.142. The number of aliphatic carboxylic acids is 1. The number of para-hydroxylation sites is 2. The number of carbonyl (C=O) groups is 3. The molecule has 9 nitrogen and oxygen atoms in total. The number of carboxylic acids is 1. The Morgan fingerprint density at radius 1 is 1.23 bits per heavy atom. The van der Waals surface area contributed by atoms with Crippen molar-refractivity contribution in [2.24, 2.45) is 5.92 Å². The number of benzene rings is 1. The van der Waals surface area contributed by atoms with Gasteiger partial charge < -0.3 is 20.3 Å². The molecule has 2 heterocycles. The van der Waals surface area contributed by atoms with Gasteiger partial charge in [0.2, 0.25) is 11.9 Å². The van der Waals surface area contributed by atoms with E-state index in [0.717, 1.165) is 11.0 Å². The SMILES string of the molecule is CC[C@@H](C)[C@H](NC(=O)N1CCn2c1nc1ccccc12)C(=O)N[C@@H](CCSC)C(=O)O. The van der Waals surface area contributed by atoms with Crippen LogP contribution in [0.5, 0.6) is 0 Å². The van der Waals surface area contributed by atoms with Crippen LogP contribution in [-0.2, 0) is 16.1 Å². The number of imidazole rings is 1. The molecule has 1 aliphatic heterocycles. The Morgan fingerprint density at radius 3 is 2.65 bits per heavy atom. The number of carboxylic acid groups (broad SMARTS) is 1. The highest BCUT2D eigenvalue weighted by atomic mass is 32.2. The van der Waals surface area contributed by atoms with Gasteiger partial charge in [0.15, 0.2) is 0 Å². The molecule has 0 saturated carbocycles. The zero-order valence-corrected chi connectivity index (χ0v) is 18.8. The lowest BCUT2D eigenvalue weighted by Gasteiger charge is -2.27. The number of rotatable bonds is 9. The van der Waals surface area contributed by atoms with Gasteiger partial charge in [-0.15, -0.1) is 0 Å². The van der Waals surface area contributed by atoms with Gasteiger partial charge in [0, 0.05) is 13.1 Å². The summed E-state index contributed by atoms with van der Waals surface area (Å²) in [6.45, 7) is 4.87. The van der Waals surface area contributed by atoms with Crippen LogP contribution in [0.2, 0.25) is 0 Å². The van der Waals surface area contributed by atoms with E-state index >= 15 is 0 Å². The molecule has 3 rings (SSSR count). The number of aromatic nitrogens is 2. The molecule has 3 atom stereocenters. The van der Waals surface area contributed by atoms with Crippen molar-refractivity contribution in [3.63, 3.8) is 0 Å². The van der Waals surface area contributed by atoms with Crippen LogP contribution in [0, 0.1) is 5.92 Å². The second-order valence-corrected chi connectivity index (χ2v) is 8.68. The van der Waals surface area contributed by atoms with E-state index in [0.29, 0.717) is 37.6 Å². The highest BCUT2D eigenvalue weighted by Crippen LogP contribution is 2.27. The average molecular weight is 448 g/mol. The summed E-state index contributed by atoms with van der Waals surface area (Å²) >= 11 is 1.52. The van der Waals surface area contributed by atoms with Crippen molar-refractivity contribution in [2.75, 3.05) is 23.5 Å². The Balaban J connectivity index is 1.75. The maximum absolute atomic E-state index is 13.1. The first-order valence-electron chi connectivity index (χ1n) is 10.4. The fourth-order valence-electron chi connectivity index (χ4n) is 3.65. The second kappa shape index (κ2) is 10.0. The highest BCUT2D eigenvalue weighted by Gasteiger charge is 2.34. The number of thioether (sulfide) groups is 1. The van der Waals surface area contributed by atoms with Crippen LogP contribution in [0.15, 0.2) is 24.3 Å². The summed E-state index contributed by atoms with van der Waals surface area (Å²) < 4.78 is 1.98. The number of anilines is 1. The Labute approximate surface area is 185 Å². The summed E-state index contributed by atoms with van der Waals surface area (Å²) in [5.41, 5.74) is 1.77. The molecule has 0 bridgehead atoms. The monoisotopic (exact) mass is 447 g/mol. The summed E-state index contributed by atoms with van der Waals surface area (Å²) in [5.74, 6) is -0.568. The van der Waals surface area contributed by atoms with Crippen LogP contribution in [0.4, 0.5) is 10.7 Å². The van der Waals surface area contributed by atoms with Crippen LogP contribution in [0.3, 0.4) is 0 Å². The van der Waals surface area contributed by atoms with Gasteiger partial charge in [-0.2, -0.15) is 11.8 Å². The van der Waals surface area contributed by atoms with Crippen LogP contribution in [-0.4, -0.2) is 63.2 Å². The Morgan fingerprint density at radius 2 is 1.97 bits per heavy atom. The maximum atomic E-state index is 13.1. The molecule has 0 unspecified atom stereocenters. The number of hydrogen-bond donors (Lipinski definition) is 3. The molecule has 3 N–H and O–H groups in total. The van der Waals surface area contributed by atoms with Gasteiger partial charge >= 0.3 is 12.0 Å². The summed E-state index contributed by atoms with van der Waals surface area (Å²) in [6, 6.07) is 5.45. The zero-order valence-electron chi connectivity index (χ0n) is 18.0. The Hall–Kier alpha value is -2.75. The van der Waals surface area contributed by atoms with Gasteiger partial charge in [-0.25, -0.2) is 14.6 Å². The third kappa shape index (κ3) is 4.95. The quantitative estimate of drug-likeness (QED) is 0.543. The molecule has 3 amide bonds. The maximum Gasteiger partial charge on any atom is 0.326 e. The first-order valence-corrected chi connectivity index (χ1v) is 11.8. The molecular formula is C21H29N5O4S. The molecule has 0 aliphatic carbocycles. The Kier molecular flexibility index (Phi) is 7.42. The molecule has 0 radical (unpaired) electrons. The standard InChI is InChI=1S/C21H29N5O4S/c1-4-13(2)17(18(27)22-15(19(28)29)9-12-31-3)24-21(30)26-11-10-25-16-8-6-5-7-14(16)23-20(25)26/h5-8,13,15,17H,4,9-12H2,1-3H3,(H,22,27)(H,24,30)(H,28,29)/t13-,15+,17+/m1/s1. The molecule has 168 valence electrons. The van der Waals surface area contributed by atoms with Crippen LogP contribution in [0.25, 0.3) is 11.0 Å². The van der Waals surface area contributed by atoms with Crippen LogP contribution < -0.4 is 15.5 Å². The summed E-state index contributed by atoms with van der Waals surface area (Å²) in [4.78, 5) is 43.6. The van der Waals surface area contributed by atoms with Gasteiger partial charge in [0.25, 0.3) is 0 Å². The molecule has 2 aromatic rings. The number of urea groups is 1. The molecule has 10 heteroatoms. The lowest BCUT2D eigenvalue weighted by Crippen LogP contribution is -2.56. The molecule has 1 aromatic heterocycles. The lowest BCUT2D eigenvalue weighted by atomic mass is 9.98. The third-order valence-corrected chi connectivity index (χ3v) is 6.31. The van der Waals surface area contributed by atoms with E-state index < -0.39 is 30.0 Å². The highest BCUT2D eigenvalue weighted by molar-refractivity contribution is 7.98. The van der Waals surface area contributed by atoms with Gasteiger partial charge in [0.1, 0.15) is 12.1 Å². The van der Waals surface area contributed by atoms with E-state index in [-0.39, 0.29) is 5.92 Å². The summed E-state index contributed by atoms with van der Waals surface area (Å²) in [7, 11) is 0. The molecule has 0 fully saturated rings. The number of carbonyl (C=O) groups excluding carboxylic acids is 2. The normalized spacial score (nSPS) is 15.9. The van der Waals surface area contributed by atoms with E-state index in [1.165, 1.54) is 16.7 Å². The summed E-state index contributed by atoms with van der Waals surface area (Å²) in [5, 5.41) is 14.8. The minimum Gasteiger partial charge on any atom is -0.480 e. The fraction of sp³-hybridized carbons (Fsp3) is 0.524. The summed E-state index contributed by atoms with van der Waals surface area (Å²) in [6.07, 6.45) is 2.85. The van der Waals surface area contributed by atoms with Crippen molar-refractivity contribution in [3.05, 3.63) is 24.3 Å². The number of amides is 3. The van der Waals surface area contributed by atoms with Gasteiger partial charge in [0.05, 0.1) is 11.0 Å². The Bertz CT molecular complexity index is 962. The molecule has 0 spiro atoms. The molecule has 0 saturated heterocycles. The van der Waals surface area contributed by atoms with Crippen molar-refractivity contribution in [1.82, 2.24) is 20.2 Å². The number of nitrogens with one attached hydrogen (secondary N) is 2. The van der Waals surface area contributed by atoms with E-state index in [9.17, 15) is 19.5 Å². The van der Waals surface area contributed by atoms with Crippen molar-refractivity contribution < 1.29 is 19.5 Å². The number of hydrogen-bond acceptors (Lipinski definition) is 5. The van der Waals surface area contributed by atoms with Crippen molar-refractivity contribution >= 4 is 46.7 Å². The predicted molar refractivity (Wildman–Crippen MR) is 121 cm³/mol. The van der Waals surface area contributed by atoms with Crippen molar-refractivity contribution in [3.8, 4) is 0 Å². The van der Waals surface area contributed by atoms with Crippen molar-refractivity contribution in [2.45, 2.75) is 45.3 Å². The van der Waals surface area contributed by atoms with E-state index in [2.05, 4.69) is 15.6 Å². The molecule has 1 aliphatic rings. The molecule has 1 aromatic carbocycles. The van der Waals surface area contributed by atoms with Crippen LogP contribution in [0.1, 0.15) is 26.7 Å². The number of nitrogens with zero attached hydrogens (tertiary/aromatic N) is 3. The van der Waals surface area contributed by atoms with Crippen molar-refractivity contribution in [1.29, 1.82) is 0 Å². The first-order chi connectivity index (χ1) is 14.9. The van der Waals surface area contributed by atoms with E-state index in [1.54, 1.807) is 0 Å². The fourth-order valence-corrected chi connectivity index (χ4v) is 4.12.